The fourth-order valence-corrected chi connectivity index (χ4v) is 5.56. The number of aromatic nitrogens is 2. The zero-order chi connectivity index (χ0) is 24.2. The molecule has 3 aliphatic heterocycles. The van der Waals surface area contributed by atoms with Crippen LogP contribution >= 0.6 is 0 Å². The number of aliphatic imine (C=N–C) groups is 2. The van der Waals surface area contributed by atoms with E-state index < -0.39 is 0 Å². The quantitative estimate of drug-likeness (QED) is 0.599. The van der Waals surface area contributed by atoms with E-state index in [4.69, 9.17) is 9.98 Å². The van der Waals surface area contributed by atoms with Crippen LogP contribution in [0.25, 0.3) is 11.3 Å². The molecule has 1 unspecified atom stereocenters. The Labute approximate surface area is 209 Å². The third-order valence-corrected chi connectivity index (χ3v) is 7.94. The summed E-state index contributed by atoms with van der Waals surface area (Å²) in [4.78, 5) is 19.4. The van der Waals surface area contributed by atoms with Gasteiger partial charge in [-0.1, -0.05) is 13.3 Å². The summed E-state index contributed by atoms with van der Waals surface area (Å²) >= 11 is 0. The van der Waals surface area contributed by atoms with Gasteiger partial charge in [0.25, 0.3) is 0 Å². The van der Waals surface area contributed by atoms with Gasteiger partial charge in [0, 0.05) is 56.3 Å². The van der Waals surface area contributed by atoms with Gasteiger partial charge < -0.3 is 14.4 Å². The minimum absolute atomic E-state index is 0.161. The molecule has 188 valence electrons. The molecular weight excluding hydrogens is 439 g/mol. The molecule has 0 aliphatic carbocycles. The van der Waals surface area contributed by atoms with E-state index in [1.165, 1.54) is 44.0 Å². The van der Waals surface area contributed by atoms with Gasteiger partial charge in [0.15, 0.2) is 0 Å². The van der Waals surface area contributed by atoms with Crippen LogP contribution in [-0.4, -0.2) is 70.8 Å². The summed E-state index contributed by atoms with van der Waals surface area (Å²) in [5.41, 5.74) is 2.62. The van der Waals surface area contributed by atoms with Gasteiger partial charge in [0.2, 0.25) is 0 Å². The number of halogens is 1. The van der Waals surface area contributed by atoms with Gasteiger partial charge in [-0.2, -0.15) is 0 Å². The highest BCUT2D eigenvalue weighted by Crippen LogP contribution is 2.32. The molecule has 0 N–H and O–H groups in total. The first-order valence-corrected chi connectivity index (χ1v) is 13.5. The number of benzene rings is 1. The van der Waals surface area contributed by atoms with Crippen molar-refractivity contribution in [3.05, 3.63) is 41.6 Å². The average molecular weight is 479 g/mol. The van der Waals surface area contributed by atoms with E-state index in [-0.39, 0.29) is 5.82 Å². The Morgan fingerprint density at radius 3 is 2.57 bits per heavy atom. The van der Waals surface area contributed by atoms with E-state index in [0.717, 1.165) is 63.2 Å². The molecule has 7 heteroatoms. The first kappa shape index (κ1) is 24.2. The molecular formula is C28H39FN6. The second-order valence-electron chi connectivity index (χ2n) is 10.5. The summed E-state index contributed by atoms with van der Waals surface area (Å²) in [5.74, 6) is 3.14. The largest absolute Gasteiger partial charge is 0.360 e. The normalized spacial score (nSPS) is 24.7. The molecule has 3 aliphatic rings. The van der Waals surface area contributed by atoms with Crippen molar-refractivity contribution in [2.24, 2.45) is 15.9 Å². The van der Waals surface area contributed by atoms with Crippen LogP contribution in [0.1, 0.15) is 62.8 Å². The number of aryl methyl sites for hydroxylation is 1. The minimum atomic E-state index is -0.161. The number of imidazole rings is 1. The second-order valence-corrected chi connectivity index (χ2v) is 10.5. The summed E-state index contributed by atoms with van der Waals surface area (Å²) in [6.07, 6.45) is 11.0. The first-order valence-electron chi connectivity index (χ1n) is 13.5. The van der Waals surface area contributed by atoms with Gasteiger partial charge in [-0.05, 0) is 75.9 Å². The van der Waals surface area contributed by atoms with Crippen LogP contribution in [0.4, 0.5) is 4.39 Å². The lowest BCUT2D eigenvalue weighted by molar-refractivity contribution is 0.173. The minimum Gasteiger partial charge on any atom is -0.360 e. The van der Waals surface area contributed by atoms with E-state index >= 15 is 0 Å². The first-order chi connectivity index (χ1) is 17.1. The number of likely N-dealkylation sites (tertiary alicyclic amines) is 2. The maximum Gasteiger partial charge on any atom is 0.126 e. The monoisotopic (exact) mass is 478 g/mol. The number of amidine groups is 1. The fourth-order valence-electron chi connectivity index (χ4n) is 5.56. The second kappa shape index (κ2) is 11.0. The summed E-state index contributed by atoms with van der Waals surface area (Å²) in [6, 6.07) is 5.33. The average Bonchev–Trinajstić information content (AvgIpc) is 3.29. The molecule has 2 aromatic rings. The Kier molecular flexibility index (Phi) is 7.61. The number of nitrogens with zero attached hydrogens (tertiary/aromatic N) is 6. The van der Waals surface area contributed by atoms with Crippen molar-refractivity contribution >= 4 is 12.2 Å². The van der Waals surface area contributed by atoms with Crippen molar-refractivity contribution in [3.63, 3.8) is 0 Å². The highest BCUT2D eigenvalue weighted by molar-refractivity contribution is 5.90. The lowest BCUT2D eigenvalue weighted by Gasteiger charge is -2.36. The van der Waals surface area contributed by atoms with Gasteiger partial charge in [-0.3, -0.25) is 4.99 Å². The third kappa shape index (κ3) is 5.66. The number of rotatable bonds is 5. The van der Waals surface area contributed by atoms with Crippen molar-refractivity contribution in [1.82, 2.24) is 19.4 Å². The van der Waals surface area contributed by atoms with Crippen molar-refractivity contribution in [3.8, 4) is 11.3 Å². The van der Waals surface area contributed by atoms with Gasteiger partial charge in [-0.15, -0.1) is 0 Å². The lowest BCUT2D eigenvalue weighted by Crippen LogP contribution is -2.41. The van der Waals surface area contributed by atoms with Crippen molar-refractivity contribution in [2.75, 3.05) is 39.3 Å². The van der Waals surface area contributed by atoms with E-state index in [9.17, 15) is 4.39 Å². The Balaban J connectivity index is 1.33. The van der Waals surface area contributed by atoms with Crippen LogP contribution < -0.4 is 0 Å². The summed E-state index contributed by atoms with van der Waals surface area (Å²) < 4.78 is 16.3. The molecule has 0 spiro atoms. The number of hydrogen-bond acceptors (Lipinski definition) is 5. The topological polar surface area (TPSA) is 49.0 Å². The molecule has 35 heavy (non-hydrogen) atoms. The Bertz CT molecular complexity index is 1060. The predicted molar refractivity (Wildman–Crippen MR) is 141 cm³/mol. The smallest absolute Gasteiger partial charge is 0.126 e. The van der Waals surface area contributed by atoms with Crippen molar-refractivity contribution in [1.29, 1.82) is 0 Å². The zero-order valence-electron chi connectivity index (χ0n) is 21.3. The van der Waals surface area contributed by atoms with Gasteiger partial charge in [0.05, 0.1) is 5.69 Å². The van der Waals surface area contributed by atoms with E-state index in [0.29, 0.717) is 17.4 Å². The van der Waals surface area contributed by atoms with Crippen LogP contribution in [0.15, 0.2) is 34.4 Å². The van der Waals surface area contributed by atoms with E-state index in [1.807, 2.05) is 19.1 Å². The number of hydrogen-bond donors (Lipinski definition) is 0. The van der Waals surface area contributed by atoms with Crippen LogP contribution in [0.5, 0.6) is 0 Å². The molecule has 0 bridgehead atoms. The van der Waals surface area contributed by atoms with E-state index in [1.54, 1.807) is 12.4 Å². The Morgan fingerprint density at radius 1 is 1.00 bits per heavy atom. The molecule has 6 nitrogen and oxygen atoms in total. The Morgan fingerprint density at radius 2 is 1.83 bits per heavy atom. The molecule has 0 saturated carbocycles. The summed E-state index contributed by atoms with van der Waals surface area (Å²) in [7, 11) is 0. The van der Waals surface area contributed by atoms with Gasteiger partial charge >= 0.3 is 0 Å². The third-order valence-electron chi connectivity index (χ3n) is 7.94. The molecule has 1 atom stereocenters. The molecule has 4 heterocycles. The van der Waals surface area contributed by atoms with E-state index in [2.05, 4.69) is 32.5 Å². The van der Waals surface area contributed by atoms with Crippen LogP contribution in [-0.2, 0) is 6.54 Å². The number of piperidine rings is 1. The maximum absolute atomic E-state index is 13.9. The molecule has 0 amide bonds. The Hall–Kier alpha value is -2.54. The van der Waals surface area contributed by atoms with Crippen molar-refractivity contribution in [2.45, 2.75) is 64.8 Å². The fraction of sp³-hybridized carbons (Fsp3) is 0.607. The predicted octanol–water partition coefficient (Wildman–Crippen LogP) is 5.13. The molecule has 0 radical (unpaired) electrons. The van der Waals surface area contributed by atoms with Gasteiger partial charge in [0.1, 0.15) is 23.8 Å². The molecule has 2 saturated heterocycles. The molecule has 1 aromatic carbocycles. The highest BCUT2D eigenvalue weighted by Gasteiger charge is 2.28. The van der Waals surface area contributed by atoms with Crippen LogP contribution in [0.3, 0.4) is 0 Å². The maximum atomic E-state index is 13.9. The van der Waals surface area contributed by atoms with Gasteiger partial charge in [-0.25, -0.2) is 14.4 Å². The van der Waals surface area contributed by atoms with Crippen LogP contribution in [0, 0.1) is 18.7 Å². The zero-order valence-corrected chi connectivity index (χ0v) is 21.3. The SMILES string of the molecule is Cc1cc(-c2cn(CCN3CCC3)c(C3CCN(/C4=N/C=N\CCCCC4C)CC3)n2)ccc1F. The lowest BCUT2D eigenvalue weighted by atomic mass is 9.93. The van der Waals surface area contributed by atoms with Crippen LogP contribution in [0.2, 0.25) is 0 Å². The standard InChI is InChI=1S/C28H39FN6/c1-21-6-3-4-11-30-20-31-27(21)34-14-9-23(10-15-34)28-32-26(24-7-8-25(29)22(2)18-24)19-35(28)17-16-33-12-5-13-33/h7-8,18-21,23H,3-6,9-17H2,1-2H3/b30-20-,31-27+. The molecule has 1 aromatic heterocycles. The summed E-state index contributed by atoms with van der Waals surface area (Å²) in [5, 5.41) is 0. The van der Waals surface area contributed by atoms with Crippen molar-refractivity contribution < 1.29 is 4.39 Å². The molecule has 2 fully saturated rings. The molecule has 5 rings (SSSR count). The highest BCUT2D eigenvalue weighted by atomic mass is 19.1. The summed E-state index contributed by atoms with van der Waals surface area (Å²) in [6.45, 7) is 11.5.